The number of aliphatic carboxylic acids is 1. The van der Waals surface area contributed by atoms with E-state index in [4.69, 9.17) is 15.6 Å². The number of nitrogens with two attached hydrogens (primary N) is 1. The van der Waals surface area contributed by atoms with E-state index in [1.54, 1.807) is 0 Å². The van der Waals surface area contributed by atoms with E-state index >= 15 is 0 Å². The van der Waals surface area contributed by atoms with Gasteiger partial charge in [0.25, 0.3) is 0 Å². The molecule has 3 atom stereocenters. The van der Waals surface area contributed by atoms with Crippen molar-refractivity contribution in [3.63, 3.8) is 0 Å². The van der Waals surface area contributed by atoms with Crippen molar-refractivity contribution in [3.05, 3.63) is 0 Å². The second-order valence-electron chi connectivity index (χ2n) is 4.18. The smallest absolute Gasteiger partial charge is 0.391 e. The van der Waals surface area contributed by atoms with Gasteiger partial charge in [0, 0.05) is 21.2 Å². The molecule has 0 aromatic rings. The SMILES string of the molecule is C[C@@H](CCS(=N)(=O)CC[C@H](N)C(=O)O)C(F)(F)F. The van der Waals surface area contributed by atoms with Crippen molar-refractivity contribution < 1.29 is 27.3 Å². The number of halogens is 3. The molecule has 18 heavy (non-hydrogen) atoms. The third-order valence-corrected chi connectivity index (χ3v) is 4.31. The number of carboxylic acids is 1. The number of alkyl halides is 3. The molecule has 4 N–H and O–H groups in total. The number of carbonyl (C=O) groups is 1. The van der Waals surface area contributed by atoms with Gasteiger partial charge in [-0.3, -0.25) is 9.57 Å². The van der Waals surface area contributed by atoms with Gasteiger partial charge in [-0.05, 0) is 12.8 Å². The lowest BCUT2D eigenvalue weighted by Gasteiger charge is -2.16. The van der Waals surface area contributed by atoms with Gasteiger partial charge >= 0.3 is 12.1 Å². The Balaban J connectivity index is 4.22. The van der Waals surface area contributed by atoms with Crippen LogP contribution in [0.1, 0.15) is 19.8 Å². The number of hydrogen-bond acceptors (Lipinski definition) is 4. The Morgan fingerprint density at radius 2 is 1.83 bits per heavy atom. The summed E-state index contributed by atoms with van der Waals surface area (Å²) >= 11 is 0. The molecule has 0 radical (unpaired) electrons. The second-order valence-corrected chi connectivity index (χ2v) is 6.62. The van der Waals surface area contributed by atoms with Crippen LogP contribution in [0.2, 0.25) is 0 Å². The molecule has 0 amide bonds. The van der Waals surface area contributed by atoms with Crippen molar-refractivity contribution in [2.75, 3.05) is 11.5 Å². The molecule has 0 bridgehead atoms. The molecule has 1 unspecified atom stereocenters. The van der Waals surface area contributed by atoms with Crippen LogP contribution in [0.25, 0.3) is 0 Å². The first-order chi connectivity index (χ1) is 7.96. The summed E-state index contributed by atoms with van der Waals surface area (Å²) in [5.74, 6) is -3.61. The fraction of sp³-hybridized carbons (Fsp3) is 0.889. The average molecular weight is 290 g/mol. The van der Waals surface area contributed by atoms with Crippen LogP contribution in [0.4, 0.5) is 13.2 Å². The highest BCUT2D eigenvalue weighted by Crippen LogP contribution is 2.28. The minimum Gasteiger partial charge on any atom is -0.480 e. The molecule has 0 saturated carbocycles. The maximum atomic E-state index is 12.2. The van der Waals surface area contributed by atoms with Crippen LogP contribution in [-0.4, -0.2) is 39.0 Å². The van der Waals surface area contributed by atoms with Crippen molar-refractivity contribution in [3.8, 4) is 0 Å². The molecule has 5 nitrogen and oxygen atoms in total. The van der Waals surface area contributed by atoms with E-state index in [1.165, 1.54) is 0 Å². The largest absolute Gasteiger partial charge is 0.480 e. The molecule has 0 aromatic heterocycles. The Morgan fingerprint density at radius 1 is 1.39 bits per heavy atom. The Labute approximate surface area is 104 Å². The first-order valence-electron chi connectivity index (χ1n) is 5.25. The molecule has 0 heterocycles. The van der Waals surface area contributed by atoms with Crippen LogP contribution in [0, 0.1) is 10.7 Å². The van der Waals surface area contributed by atoms with Gasteiger partial charge in [0.05, 0.1) is 5.92 Å². The van der Waals surface area contributed by atoms with Crippen molar-refractivity contribution in [1.82, 2.24) is 0 Å². The Morgan fingerprint density at radius 3 is 2.22 bits per heavy atom. The number of nitrogens with one attached hydrogen (secondary N) is 1. The lowest BCUT2D eigenvalue weighted by molar-refractivity contribution is -0.169. The van der Waals surface area contributed by atoms with Gasteiger partial charge in [0.1, 0.15) is 6.04 Å². The van der Waals surface area contributed by atoms with Crippen molar-refractivity contribution >= 4 is 15.7 Å². The van der Waals surface area contributed by atoms with E-state index in [0.29, 0.717) is 0 Å². The predicted molar refractivity (Wildman–Crippen MR) is 60.7 cm³/mol. The van der Waals surface area contributed by atoms with E-state index in [-0.39, 0.29) is 12.2 Å². The summed E-state index contributed by atoms with van der Waals surface area (Å²) in [5, 5.41) is 8.48. The van der Waals surface area contributed by atoms with Gasteiger partial charge in [-0.25, -0.2) is 4.21 Å². The van der Waals surface area contributed by atoms with Gasteiger partial charge in [-0.15, -0.1) is 0 Å². The normalized spacial score (nSPS) is 18.9. The first kappa shape index (κ1) is 17.2. The molecule has 0 aliphatic carbocycles. The quantitative estimate of drug-likeness (QED) is 0.659. The molecular weight excluding hydrogens is 273 g/mol. The van der Waals surface area contributed by atoms with Crippen molar-refractivity contribution in [2.24, 2.45) is 11.7 Å². The molecule has 108 valence electrons. The Kier molecular flexibility index (Phi) is 6.08. The fourth-order valence-corrected chi connectivity index (χ4v) is 2.65. The molecule has 0 spiro atoms. The lowest BCUT2D eigenvalue weighted by Crippen LogP contribution is -2.32. The minimum absolute atomic E-state index is 0.182. The van der Waals surface area contributed by atoms with Crippen LogP contribution in [0.3, 0.4) is 0 Å². The summed E-state index contributed by atoms with van der Waals surface area (Å²) in [7, 11) is -3.21. The molecule has 0 aromatic carbocycles. The van der Waals surface area contributed by atoms with Crippen LogP contribution < -0.4 is 5.73 Å². The lowest BCUT2D eigenvalue weighted by atomic mass is 10.1. The fourth-order valence-electron chi connectivity index (χ4n) is 1.07. The van der Waals surface area contributed by atoms with Gasteiger partial charge in [-0.2, -0.15) is 13.2 Å². The van der Waals surface area contributed by atoms with Gasteiger partial charge in [0.15, 0.2) is 0 Å². The van der Waals surface area contributed by atoms with E-state index in [9.17, 15) is 22.2 Å². The maximum absolute atomic E-state index is 12.2. The van der Waals surface area contributed by atoms with Crippen molar-refractivity contribution in [1.29, 1.82) is 4.78 Å². The first-order valence-corrected chi connectivity index (χ1v) is 7.14. The second kappa shape index (κ2) is 6.37. The zero-order chi connectivity index (χ0) is 14.6. The third kappa shape index (κ3) is 6.80. The zero-order valence-corrected chi connectivity index (χ0v) is 10.7. The van der Waals surface area contributed by atoms with E-state index in [0.717, 1.165) is 6.92 Å². The maximum Gasteiger partial charge on any atom is 0.391 e. The van der Waals surface area contributed by atoms with E-state index in [1.807, 2.05) is 0 Å². The summed E-state index contributed by atoms with van der Waals surface area (Å²) in [4.78, 5) is 10.4. The summed E-state index contributed by atoms with van der Waals surface area (Å²) in [6.45, 7) is 0.957. The average Bonchev–Trinajstić information content (AvgIpc) is 2.21. The van der Waals surface area contributed by atoms with E-state index in [2.05, 4.69) is 0 Å². The molecular formula is C9H17F3N2O3S. The molecule has 9 heteroatoms. The number of carboxylic acid groups (broad SMARTS) is 1. The molecule has 0 rings (SSSR count). The Hall–Kier alpha value is -0.830. The monoisotopic (exact) mass is 290 g/mol. The third-order valence-electron chi connectivity index (χ3n) is 2.52. The predicted octanol–water partition coefficient (Wildman–Crippen LogP) is 1.42. The van der Waals surface area contributed by atoms with Crippen LogP contribution in [-0.2, 0) is 14.5 Å². The summed E-state index contributed by atoms with van der Waals surface area (Å²) in [6, 6.07) is -1.24. The molecule has 0 aliphatic heterocycles. The van der Waals surface area contributed by atoms with Gasteiger partial charge in [-0.1, -0.05) is 6.92 Å². The standard InChI is InChI=1S/C9H17F3N2O3S/c1-6(9(10,11)12)2-4-18(14,17)5-3-7(13)8(15)16/h6-7,14H,2-5,13H2,1H3,(H,15,16)/t6-,7-,18?/m0/s1. The molecule has 0 fully saturated rings. The minimum atomic E-state index is -4.37. The van der Waals surface area contributed by atoms with Gasteiger partial charge < -0.3 is 10.8 Å². The van der Waals surface area contributed by atoms with Crippen molar-refractivity contribution in [2.45, 2.75) is 32.0 Å². The van der Waals surface area contributed by atoms with Crippen LogP contribution in [0.15, 0.2) is 0 Å². The number of hydrogen-bond donors (Lipinski definition) is 3. The Bertz CT molecular complexity index is 381. The molecule has 0 aliphatic rings. The number of rotatable bonds is 7. The highest BCUT2D eigenvalue weighted by atomic mass is 32.2. The zero-order valence-electron chi connectivity index (χ0n) is 9.87. The van der Waals surface area contributed by atoms with E-state index < -0.39 is 46.0 Å². The van der Waals surface area contributed by atoms with Crippen LogP contribution >= 0.6 is 0 Å². The topological polar surface area (TPSA) is 104 Å². The molecule has 0 saturated heterocycles. The van der Waals surface area contributed by atoms with Gasteiger partial charge in [0.2, 0.25) is 0 Å². The van der Waals surface area contributed by atoms with Crippen LogP contribution in [0.5, 0.6) is 0 Å². The highest BCUT2D eigenvalue weighted by molar-refractivity contribution is 7.92. The highest BCUT2D eigenvalue weighted by Gasteiger charge is 2.35. The summed E-state index contributed by atoms with van der Waals surface area (Å²) in [6.07, 6.45) is -4.96. The summed E-state index contributed by atoms with van der Waals surface area (Å²) in [5.41, 5.74) is 5.16. The summed E-state index contributed by atoms with van der Waals surface area (Å²) < 4.78 is 55.5.